The summed E-state index contributed by atoms with van der Waals surface area (Å²) in [7, 11) is 1.72. The van der Waals surface area contributed by atoms with Crippen molar-refractivity contribution in [3.63, 3.8) is 0 Å². The molecule has 1 heterocycles. The van der Waals surface area contributed by atoms with E-state index in [0.717, 1.165) is 23.8 Å². The molecule has 0 spiro atoms. The molecule has 1 atom stereocenters. The van der Waals surface area contributed by atoms with Crippen molar-refractivity contribution in [2.75, 3.05) is 25.6 Å². The van der Waals surface area contributed by atoms with Crippen LogP contribution in [0.15, 0.2) is 42.7 Å². The van der Waals surface area contributed by atoms with E-state index < -0.39 is 0 Å². The van der Waals surface area contributed by atoms with E-state index in [1.807, 2.05) is 24.5 Å². The largest absolute Gasteiger partial charge is 0.385 e. The molecule has 4 nitrogen and oxygen atoms in total. The number of thiocarbonyl (C=S) groups is 1. The number of aromatic nitrogens is 1. The molecule has 0 amide bonds. The van der Waals surface area contributed by atoms with Gasteiger partial charge in [0.2, 0.25) is 0 Å². The number of aryl methyl sites for hydroxylation is 2. The molecular formula is C20H27N3OS. The highest BCUT2D eigenvalue weighted by Gasteiger charge is 2.18. The average Bonchev–Trinajstić information content (AvgIpc) is 2.58. The number of nitrogens with one attached hydrogen (secondary N) is 1. The van der Waals surface area contributed by atoms with Crippen LogP contribution in [0.25, 0.3) is 0 Å². The summed E-state index contributed by atoms with van der Waals surface area (Å²) in [5, 5.41) is 4.13. The van der Waals surface area contributed by atoms with E-state index in [4.69, 9.17) is 17.0 Å². The van der Waals surface area contributed by atoms with E-state index in [1.54, 1.807) is 7.11 Å². The Labute approximate surface area is 156 Å². The second-order valence-corrected chi connectivity index (χ2v) is 6.69. The SMILES string of the molecule is COCCCN(C(=S)Nc1cc(C)cc(C)c1)[C@@H](C)c1ccncc1. The molecule has 0 aliphatic carbocycles. The fourth-order valence-corrected chi connectivity index (χ4v) is 3.28. The summed E-state index contributed by atoms with van der Waals surface area (Å²) in [6.45, 7) is 7.89. The Hall–Kier alpha value is -1.98. The Kier molecular flexibility index (Phi) is 7.34. The van der Waals surface area contributed by atoms with Gasteiger partial charge in [0.15, 0.2) is 5.11 Å². The van der Waals surface area contributed by atoms with Gasteiger partial charge in [-0.2, -0.15) is 0 Å². The highest BCUT2D eigenvalue weighted by Crippen LogP contribution is 2.22. The van der Waals surface area contributed by atoms with Crippen molar-refractivity contribution >= 4 is 23.0 Å². The van der Waals surface area contributed by atoms with E-state index in [2.05, 4.69) is 54.2 Å². The van der Waals surface area contributed by atoms with Gasteiger partial charge in [-0.3, -0.25) is 4.98 Å². The highest BCUT2D eigenvalue weighted by molar-refractivity contribution is 7.80. The van der Waals surface area contributed by atoms with Crippen LogP contribution in [0, 0.1) is 13.8 Å². The van der Waals surface area contributed by atoms with E-state index in [0.29, 0.717) is 6.61 Å². The first-order valence-electron chi connectivity index (χ1n) is 8.56. The van der Waals surface area contributed by atoms with E-state index in [-0.39, 0.29) is 6.04 Å². The number of rotatable bonds is 7. The maximum atomic E-state index is 5.73. The Morgan fingerprint density at radius 3 is 2.44 bits per heavy atom. The van der Waals surface area contributed by atoms with E-state index in [9.17, 15) is 0 Å². The number of nitrogens with zero attached hydrogens (tertiary/aromatic N) is 2. The van der Waals surface area contributed by atoms with Gasteiger partial charge in [-0.1, -0.05) is 6.07 Å². The van der Waals surface area contributed by atoms with Crippen LogP contribution in [0.4, 0.5) is 5.69 Å². The first-order chi connectivity index (χ1) is 12.0. The van der Waals surface area contributed by atoms with Crippen molar-refractivity contribution in [1.82, 2.24) is 9.88 Å². The highest BCUT2D eigenvalue weighted by atomic mass is 32.1. The molecule has 25 heavy (non-hydrogen) atoms. The summed E-state index contributed by atoms with van der Waals surface area (Å²) in [5.41, 5.74) is 4.66. The summed E-state index contributed by atoms with van der Waals surface area (Å²) < 4.78 is 5.21. The topological polar surface area (TPSA) is 37.4 Å². The third-order valence-corrected chi connectivity index (χ3v) is 4.47. The molecule has 5 heteroatoms. The number of pyridine rings is 1. The Balaban J connectivity index is 2.17. The molecule has 1 aromatic carbocycles. The number of hydrogen-bond donors (Lipinski definition) is 1. The maximum Gasteiger partial charge on any atom is 0.173 e. The second kappa shape index (κ2) is 9.49. The molecule has 0 saturated heterocycles. The molecule has 0 saturated carbocycles. The molecule has 0 fully saturated rings. The van der Waals surface area contributed by atoms with Crippen molar-refractivity contribution in [2.45, 2.75) is 33.2 Å². The Morgan fingerprint density at radius 2 is 1.84 bits per heavy atom. The quantitative estimate of drug-likeness (QED) is 0.583. The van der Waals surface area contributed by atoms with Crippen LogP contribution in [-0.4, -0.2) is 35.3 Å². The molecule has 0 aliphatic rings. The van der Waals surface area contributed by atoms with Crippen molar-refractivity contribution in [2.24, 2.45) is 0 Å². The van der Waals surface area contributed by atoms with Crippen LogP contribution in [0.5, 0.6) is 0 Å². The van der Waals surface area contributed by atoms with Gasteiger partial charge in [-0.25, -0.2) is 0 Å². The first kappa shape index (κ1) is 19.3. The zero-order valence-corrected chi connectivity index (χ0v) is 16.3. The molecule has 0 aliphatic heterocycles. The van der Waals surface area contributed by atoms with Gasteiger partial charge in [-0.05, 0) is 80.4 Å². The predicted molar refractivity (Wildman–Crippen MR) is 108 cm³/mol. The van der Waals surface area contributed by atoms with Crippen LogP contribution < -0.4 is 5.32 Å². The molecule has 1 N–H and O–H groups in total. The molecule has 0 bridgehead atoms. The number of benzene rings is 1. The smallest absolute Gasteiger partial charge is 0.173 e. The predicted octanol–water partition coefficient (Wildman–Crippen LogP) is 4.49. The Bertz CT molecular complexity index is 670. The monoisotopic (exact) mass is 357 g/mol. The van der Waals surface area contributed by atoms with Crippen LogP contribution in [-0.2, 0) is 4.74 Å². The van der Waals surface area contributed by atoms with E-state index in [1.165, 1.54) is 16.7 Å². The molecule has 2 rings (SSSR count). The molecule has 1 aromatic heterocycles. The molecule has 0 unspecified atom stereocenters. The number of hydrogen-bond acceptors (Lipinski definition) is 3. The van der Waals surface area contributed by atoms with Crippen LogP contribution in [0.2, 0.25) is 0 Å². The van der Waals surface area contributed by atoms with Crippen molar-refractivity contribution in [3.05, 3.63) is 59.4 Å². The summed E-state index contributed by atoms with van der Waals surface area (Å²) in [6, 6.07) is 10.6. The zero-order valence-electron chi connectivity index (χ0n) is 15.5. The summed E-state index contributed by atoms with van der Waals surface area (Å²) >= 11 is 5.73. The summed E-state index contributed by atoms with van der Waals surface area (Å²) in [5.74, 6) is 0. The van der Waals surface area contributed by atoms with Gasteiger partial charge >= 0.3 is 0 Å². The van der Waals surface area contributed by atoms with Gasteiger partial charge in [0.05, 0.1) is 6.04 Å². The lowest BCUT2D eigenvalue weighted by Gasteiger charge is -2.32. The molecule has 0 radical (unpaired) electrons. The molecule has 2 aromatic rings. The van der Waals surface area contributed by atoms with Crippen LogP contribution >= 0.6 is 12.2 Å². The van der Waals surface area contributed by atoms with Crippen molar-refractivity contribution < 1.29 is 4.74 Å². The van der Waals surface area contributed by atoms with Crippen LogP contribution in [0.3, 0.4) is 0 Å². The number of ether oxygens (including phenoxy) is 1. The van der Waals surface area contributed by atoms with Gasteiger partial charge in [-0.15, -0.1) is 0 Å². The van der Waals surface area contributed by atoms with Crippen molar-refractivity contribution in [1.29, 1.82) is 0 Å². The fourth-order valence-electron chi connectivity index (χ4n) is 2.91. The fraction of sp³-hybridized carbons (Fsp3) is 0.400. The summed E-state index contributed by atoms with van der Waals surface area (Å²) in [6.07, 6.45) is 4.56. The Morgan fingerprint density at radius 1 is 1.20 bits per heavy atom. The average molecular weight is 358 g/mol. The zero-order chi connectivity index (χ0) is 18.2. The van der Waals surface area contributed by atoms with Crippen LogP contribution in [0.1, 0.15) is 36.1 Å². The minimum absolute atomic E-state index is 0.158. The molecule has 134 valence electrons. The van der Waals surface area contributed by atoms with E-state index >= 15 is 0 Å². The normalized spacial score (nSPS) is 11.8. The van der Waals surface area contributed by atoms with Gasteiger partial charge in [0.25, 0.3) is 0 Å². The lowest BCUT2D eigenvalue weighted by Crippen LogP contribution is -2.38. The van der Waals surface area contributed by atoms with Gasteiger partial charge in [0, 0.05) is 38.3 Å². The third kappa shape index (κ3) is 5.80. The maximum absolute atomic E-state index is 5.73. The summed E-state index contributed by atoms with van der Waals surface area (Å²) in [4.78, 5) is 6.32. The number of methoxy groups -OCH3 is 1. The minimum Gasteiger partial charge on any atom is -0.385 e. The lowest BCUT2D eigenvalue weighted by atomic mass is 10.1. The van der Waals surface area contributed by atoms with Crippen molar-refractivity contribution in [3.8, 4) is 0 Å². The minimum atomic E-state index is 0.158. The second-order valence-electron chi connectivity index (χ2n) is 6.30. The first-order valence-corrected chi connectivity index (χ1v) is 8.97. The molecular weight excluding hydrogens is 330 g/mol. The third-order valence-electron chi connectivity index (χ3n) is 4.14. The standard InChI is InChI=1S/C20H27N3OS/c1-15-12-16(2)14-19(13-15)22-20(25)23(10-5-11-24-4)17(3)18-6-8-21-9-7-18/h6-9,12-14,17H,5,10-11H2,1-4H3,(H,22,25)/t17-/m0/s1. The van der Waals surface area contributed by atoms with Gasteiger partial charge < -0.3 is 15.0 Å². The van der Waals surface area contributed by atoms with Gasteiger partial charge in [0.1, 0.15) is 0 Å². The number of anilines is 1. The lowest BCUT2D eigenvalue weighted by molar-refractivity contribution is 0.181.